The van der Waals surface area contributed by atoms with E-state index >= 15 is 0 Å². The van der Waals surface area contributed by atoms with Crippen molar-refractivity contribution < 1.29 is 18.1 Å². The van der Waals surface area contributed by atoms with Crippen LogP contribution in [-0.4, -0.2) is 19.5 Å². The van der Waals surface area contributed by atoms with E-state index in [-0.39, 0.29) is 28.6 Å². The number of hydrogen-bond donors (Lipinski definition) is 0. The number of para-hydroxylation sites is 2. The van der Waals surface area contributed by atoms with Gasteiger partial charge in [-0.3, -0.25) is 0 Å². The van der Waals surface area contributed by atoms with Crippen LogP contribution in [0.4, 0.5) is 0 Å². The summed E-state index contributed by atoms with van der Waals surface area (Å²) in [7, 11) is 0. The van der Waals surface area contributed by atoms with E-state index in [1.165, 1.54) is 20.2 Å². The van der Waals surface area contributed by atoms with E-state index in [0.717, 1.165) is 38.3 Å². The fraction of sp³-hybridized carbons (Fsp3) is 0. The number of benzene rings is 7. The van der Waals surface area contributed by atoms with Gasteiger partial charge in [0.15, 0.2) is 23.1 Å². The molecule has 0 bridgehead atoms. The first kappa shape index (κ1) is 20.1. The lowest BCUT2D eigenvalue weighted by atomic mass is 10.1. The first-order valence-corrected chi connectivity index (χ1v) is 16.9. The third-order valence-electron chi connectivity index (χ3n) is 9.23. The Kier molecular flexibility index (Phi) is 4.32. The fourth-order valence-electron chi connectivity index (χ4n) is 7.00. The van der Waals surface area contributed by atoms with Crippen molar-refractivity contribution in [3.8, 4) is 39.9 Å². The van der Waals surface area contributed by atoms with Crippen LogP contribution in [0.1, 0.15) is 13.7 Å². The third kappa shape index (κ3) is 4.37. The summed E-state index contributed by atoms with van der Waals surface area (Å²) in [5, 5.41) is 6.22. The van der Waals surface area contributed by atoms with Crippen molar-refractivity contribution in [1.29, 1.82) is 0 Å². The molecule has 0 fully saturated rings. The van der Waals surface area contributed by atoms with Crippen LogP contribution in [0, 0.1) is 0 Å². The SMILES string of the molecule is [2H]c1c([2H])c([2H])c(-c2nc(-c3ccc4c(c3)oc3c(-n5c6ccccc6c6cc7sc8ccccc8c7cc65)cccc34)nc(-c3c([2H])c([2H])c([2H])c([2H])c3[2H])n2)c([2H])c1[2H]. The van der Waals surface area contributed by atoms with Gasteiger partial charge in [-0.15, -0.1) is 11.3 Å². The molecule has 0 saturated carbocycles. The van der Waals surface area contributed by atoms with Gasteiger partial charge in [-0.25, -0.2) is 15.0 Å². The van der Waals surface area contributed by atoms with Crippen LogP contribution in [0.25, 0.3) is 104 Å². The van der Waals surface area contributed by atoms with Crippen LogP contribution < -0.4 is 0 Å². The van der Waals surface area contributed by atoms with Crippen molar-refractivity contribution in [3.05, 3.63) is 157 Å². The molecule has 5 nitrogen and oxygen atoms in total. The van der Waals surface area contributed by atoms with Gasteiger partial charge in [0, 0.05) is 58.4 Å². The number of rotatable bonds is 4. The summed E-state index contributed by atoms with van der Waals surface area (Å²) >= 11 is 1.77. The van der Waals surface area contributed by atoms with Gasteiger partial charge in [-0.05, 0) is 42.5 Å². The predicted octanol–water partition coefficient (Wildman–Crippen LogP) is 12.2. The van der Waals surface area contributed by atoms with E-state index in [2.05, 4.69) is 68.0 Å². The number of aromatic nitrogens is 4. The predicted molar refractivity (Wildman–Crippen MR) is 211 cm³/mol. The highest BCUT2D eigenvalue weighted by molar-refractivity contribution is 7.25. The average Bonchev–Trinajstić information content (AvgIpc) is 3.94. The maximum Gasteiger partial charge on any atom is 0.164 e. The molecule has 238 valence electrons. The zero-order valence-electron chi connectivity index (χ0n) is 36.3. The van der Waals surface area contributed by atoms with E-state index in [1.54, 1.807) is 23.5 Å². The van der Waals surface area contributed by atoms with E-state index in [9.17, 15) is 0 Å². The number of hydrogen-bond acceptors (Lipinski definition) is 5. The molecule has 11 aromatic rings. The summed E-state index contributed by atoms with van der Waals surface area (Å²) in [5.41, 5.74) is 3.67. The molecule has 0 unspecified atom stereocenters. The summed E-state index contributed by atoms with van der Waals surface area (Å²) in [4.78, 5) is 13.6. The summed E-state index contributed by atoms with van der Waals surface area (Å²) in [5.74, 6) is -0.722. The summed E-state index contributed by atoms with van der Waals surface area (Å²) in [6, 6.07) is 26.6. The fourth-order valence-corrected chi connectivity index (χ4v) is 8.12. The van der Waals surface area contributed by atoms with Gasteiger partial charge in [0.2, 0.25) is 0 Å². The topological polar surface area (TPSA) is 56.7 Å². The molecule has 51 heavy (non-hydrogen) atoms. The number of thiophene rings is 1. The zero-order valence-corrected chi connectivity index (χ0v) is 27.2. The van der Waals surface area contributed by atoms with Crippen molar-refractivity contribution in [1.82, 2.24) is 19.5 Å². The Morgan fingerprint density at radius 3 is 1.92 bits per heavy atom. The lowest BCUT2D eigenvalue weighted by Gasteiger charge is -2.08. The van der Waals surface area contributed by atoms with E-state index in [1.807, 2.05) is 36.4 Å². The molecule has 0 aliphatic carbocycles. The minimum atomic E-state index is -0.613. The van der Waals surface area contributed by atoms with E-state index in [0.29, 0.717) is 16.7 Å². The monoisotopic (exact) mass is 680 g/mol. The van der Waals surface area contributed by atoms with Gasteiger partial charge in [0.1, 0.15) is 5.58 Å². The van der Waals surface area contributed by atoms with Crippen molar-refractivity contribution >= 4 is 75.3 Å². The second kappa shape index (κ2) is 10.9. The Labute approximate surface area is 309 Å². The Balaban J connectivity index is 1.15. The molecule has 0 N–H and O–H groups in total. The molecule has 6 heteroatoms. The van der Waals surface area contributed by atoms with Crippen molar-refractivity contribution in [3.63, 3.8) is 0 Å². The van der Waals surface area contributed by atoms with Crippen LogP contribution in [0.2, 0.25) is 0 Å². The van der Waals surface area contributed by atoms with Crippen LogP contribution in [-0.2, 0) is 0 Å². The molecule has 0 aliphatic rings. The Morgan fingerprint density at radius 1 is 0.490 bits per heavy atom. The van der Waals surface area contributed by atoms with Gasteiger partial charge in [0.05, 0.1) is 30.4 Å². The summed E-state index contributed by atoms with van der Waals surface area (Å²) in [6.45, 7) is 0. The Morgan fingerprint density at radius 2 is 1.16 bits per heavy atom. The lowest BCUT2D eigenvalue weighted by molar-refractivity contribution is 0.666. The molecule has 4 heterocycles. The van der Waals surface area contributed by atoms with E-state index in [4.69, 9.17) is 18.1 Å². The molecule has 0 saturated heterocycles. The molecule has 11 rings (SSSR count). The smallest absolute Gasteiger partial charge is 0.164 e. The minimum absolute atomic E-state index is 0.0457. The van der Waals surface area contributed by atoms with E-state index < -0.39 is 60.4 Å². The Bertz CT molecular complexity index is 3600. The van der Waals surface area contributed by atoms with Gasteiger partial charge in [0.25, 0.3) is 0 Å². The largest absolute Gasteiger partial charge is 0.454 e. The molecule has 4 aromatic heterocycles. The first-order valence-electron chi connectivity index (χ1n) is 21.1. The van der Waals surface area contributed by atoms with Gasteiger partial charge in [-0.2, -0.15) is 0 Å². The molecule has 0 radical (unpaired) electrons. The molecular weight excluding hydrogens is 645 g/mol. The van der Waals surface area contributed by atoms with Crippen molar-refractivity contribution in [2.75, 3.05) is 0 Å². The second-order valence-corrected chi connectivity index (χ2v) is 13.2. The van der Waals surface area contributed by atoms with Crippen LogP contribution in [0.15, 0.2) is 162 Å². The Hall–Kier alpha value is -6.63. The third-order valence-corrected chi connectivity index (χ3v) is 10.4. The molecule has 7 aromatic carbocycles. The molecular formula is C45H26N4OS. The quantitative estimate of drug-likeness (QED) is 0.186. The van der Waals surface area contributed by atoms with Gasteiger partial charge < -0.3 is 8.98 Å². The maximum absolute atomic E-state index is 8.67. The van der Waals surface area contributed by atoms with Crippen LogP contribution in [0.5, 0.6) is 0 Å². The minimum Gasteiger partial charge on any atom is -0.454 e. The van der Waals surface area contributed by atoms with Gasteiger partial charge in [-0.1, -0.05) is 115 Å². The maximum atomic E-state index is 8.67. The standard InChI is InChI=1S/C45H26N4OS/c1-3-12-27(13-4-1)43-46-44(28-14-5-2-6-15-28)48-45(47-43)29-22-23-31-33-18-11-20-37(42(33)50-39(31)24-29)49-36-19-9-7-16-30(36)34-26-41-35(25-38(34)49)32-17-8-10-21-40(32)51-41/h1-26H/i1D,2D,3D,4D,5D,6D,12D,13D,14D,15D. The van der Waals surface area contributed by atoms with Crippen LogP contribution >= 0.6 is 11.3 Å². The average molecular weight is 681 g/mol. The summed E-state index contributed by atoms with van der Waals surface area (Å²) < 4.78 is 95.6. The summed E-state index contributed by atoms with van der Waals surface area (Å²) in [6.07, 6.45) is 0. The van der Waals surface area contributed by atoms with Gasteiger partial charge >= 0.3 is 0 Å². The number of furan rings is 1. The molecule has 0 spiro atoms. The number of fused-ring (bicyclic) bond motifs is 9. The van der Waals surface area contributed by atoms with Crippen LogP contribution in [0.3, 0.4) is 0 Å². The highest BCUT2D eigenvalue weighted by Gasteiger charge is 2.20. The van der Waals surface area contributed by atoms with Crippen molar-refractivity contribution in [2.45, 2.75) is 0 Å². The lowest BCUT2D eigenvalue weighted by Crippen LogP contribution is -2.00. The zero-order chi connectivity index (χ0) is 42.2. The number of nitrogens with zero attached hydrogens (tertiary/aromatic N) is 4. The highest BCUT2D eigenvalue weighted by Crippen LogP contribution is 2.42. The second-order valence-electron chi connectivity index (χ2n) is 12.1. The molecule has 0 aliphatic heterocycles. The normalized spacial score (nSPS) is 14.7. The van der Waals surface area contributed by atoms with Crippen molar-refractivity contribution in [2.24, 2.45) is 0 Å². The highest BCUT2D eigenvalue weighted by atomic mass is 32.1. The first-order chi connectivity index (χ1) is 29.4. The molecule has 0 amide bonds. The molecule has 0 atom stereocenters.